The van der Waals surface area contributed by atoms with Gasteiger partial charge < -0.3 is 20.7 Å². The zero-order valence-electron chi connectivity index (χ0n) is 18.7. The van der Waals surface area contributed by atoms with Gasteiger partial charge in [-0.25, -0.2) is 0 Å². The minimum absolute atomic E-state index is 0.00672. The van der Waals surface area contributed by atoms with Crippen LogP contribution in [0.25, 0.3) is 22.3 Å². The van der Waals surface area contributed by atoms with Crippen molar-refractivity contribution in [3.05, 3.63) is 48.7 Å². The van der Waals surface area contributed by atoms with Crippen LogP contribution in [0.1, 0.15) is 20.3 Å². The number of hydrogen-bond donors (Lipinski definition) is 5. The van der Waals surface area contributed by atoms with Crippen molar-refractivity contribution in [2.45, 2.75) is 26.3 Å². The number of hydrogen-bond acceptors (Lipinski definition) is 7. The van der Waals surface area contributed by atoms with Gasteiger partial charge in [0.2, 0.25) is 5.95 Å². The number of nitrogens with zero attached hydrogens (tertiary/aromatic N) is 3. The highest BCUT2D eigenvalue weighted by Crippen LogP contribution is 2.23. The normalized spacial score (nSPS) is 15.0. The van der Waals surface area contributed by atoms with Crippen molar-refractivity contribution in [3.8, 4) is 17.1 Å². The van der Waals surface area contributed by atoms with Crippen LogP contribution < -0.4 is 20.7 Å². The fourth-order valence-corrected chi connectivity index (χ4v) is 3.50. The van der Waals surface area contributed by atoms with Gasteiger partial charge in [-0.15, -0.1) is 5.10 Å². The average Bonchev–Trinajstić information content (AvgIpc) is 3.62. The highest BCUT2D eigenvalue weighted by molar-refractivity contribution is 5.82. The smallest absolute Gasteiger partial charge is 0.258 e. The highest BCUT2D eigenvalue weighted by Gasteiger charge is 2.16. The van der Waals surface area contributed by atoms with E-state index < -0.39 is 0 Å². The van der Waals surface area contributed by atoms with Gasteiger partial charge in [0, 0.05) is 29.2 Å². The van der Waals surface area contributed by atoms with E-state index in [9.17, 15) is 4.79 Å². The second-order valence-corrected chi connectivity index (χ2v) is 7.37. The molecule has 10 heteroatoms. The van der Waals surface area contributed by atoms with Crippen LogP contribution in [0, 0.1) is 0 Å². The van der Waals surface area contributed by atoms with Crippen molar-refractivity contribution in [1.82, 2.24) is 36.0 Å². The zero-order chi connectivity index (χ0) is 23.0. The molecule has 1 aliphatic heterocycles. The Morgan fingerprint density at radius 1 is 1.15 bits per heavy atom. The molecule has 172 valence electrons. The molecule has 5 rings (SSSR count). The number of ether oxygens (including phenoxy) is 1. The minimum atomic E-state index is -0.114. The minimum Gasteiger partial charge on any atom is -0.484 e. The first kappa shape index (κ1) is 22.3. The molecule has 5 N–H and O–H groups in total. The summed E-state index contributed by atoms with van der Waals surface area (Å²) in [6, 6.07) is 13.4. The van der Waals surface area contributed by atoms with Crippen LogP contribution in [0.5, 0.6) is 5.75 Å². The number of carbonyl (C=O) groups is 1. The van der Waals surface area contributed by atoms with Gasteiger partial charge in [0.25, 0.3) is 5.91 Å². The summed E-state index contributed by atoms with van der Waals surface area (Å²) < 4.78 is 5.58. The third-order valence-corrected chi connectivity index (χ3v) is 5.10. The zero-order valence-corrected chi connectivity index (χ0v) is 18.7. The van der Waals surface area contributed by atoms with E-state index in [0.717, 1.165) is 41.7 Å². The Bertz CT molecular complexity index is 1180. The molecule has 4 aromatic rings. The van der Waals surface area contributed by atoms with Gasteiger partial charge in [-0.2, -0.15) is 10.1 Å². The first-order valence-corrected chi connectivity index (χ1v) is 11.1. The van der Waals surface area contributed by atoms with E-state index in [4.69, 9.17) is 4.74 Å². The molecule has 1 aliphatic rings. The number of H-pyrrole nitrogens is 2. The van der Waals surface area contributed by atoms with Gasteiger partial charge in [-0.05, 0) is 55.4 Å². The molecular weight excluding hydrogens is 420 g/mol. The topological polar surface area (TPSA) is 133 Å². The number of nitrogens with one attached hydrogen (secondary N) is 5. The van der Waals surface area contributed by atoms with E-state index in [1.807, 2.05) is 56.3 Å². The summed E-state index contributed by atoms with van der Waals surface area (Å²) in [6.07, 6.45) is 2.72. The van der Waals surface area contributed by atoms with Crippen molar-refractivity contribution in [2.24, 2.45) is 0 Å². The van der Waals surface area contributed by atoms with Gasteiger partial charge in [0.1, 0.15) is 5.75 Å². The van der Waals surface area contributed by atoms with Crippen LogP contribution in [0.4, 0.5) is 11.6 Å². The van der Waals surface area contributed by atoms with Crippen LogP contribution >= 0.6 is 0 Å². The summed E-state index contributed by atoms with van der Waals surface area (Å²) in [5.74, 6) is 1.60. The van der Waals surface area contributed by atoms with Crippen molar-refractivity contribution in [1.29, 1.82) is 0 Å². The number of carbonyl (C=O) groups excluding carboxylic acids is 1. The van der Waals surface area contributed by atoms with E-state index in [1.54, 1.807) is 6.20 Å². The first-order chi connectivity index (χ1) is 16.2. The summed E-state index contributed by atoms with van der Waals surface area (Å²) >= 11 is 0. The summed E-state index contributed by atoms with van der Waals surface area (Å²) in [5, 5.41) is 24.5. The molecule has 0 radical (unpaired) electrons. The van der Waals surface area contributed by atoms with E-state index in [2.05, 4.69) is 41.3 Å². The van der Waals surface area contributed by atoms with Crippen LogP contribution in [0.15, 0.2) is 48.7 Å². The number of aromatic amines is 2. The van der Waals surface area contributed by atoms with Crippen molar-refractivity contribution < 1.29 is 9.53 Å². The standard InChI is InChI=1S/C21H22N8O2.C2H6/c30-19(24-16-7-8-22-11-16)12-31-17-4-1-13(2-5-17)20-26-21(29-28-20)25-15-3-6-18-14(9-15)10-23-27-18;1-2/h1-6,9-10,16,22H,7-8,11-12H2,(H,23,27)(H,24,30)(H2,25,26,28,29);1-2H3. The maximum atomic E-state index is 12.0. The predicted octanol–water partition coefficient (Wildman–Crippen LogP) is 2.97. The van der Waals surface area contributed by atoms with E-state index in [-0.39, 0.29) is 18.6 Å². The molecule has 1 fully saturated rings. The molecule has 2 aromatic carbocycles. The lowest BCUT2D eigenvalue weighted by Gasteiger charge is -2.12. The fourth-order valence-electron chi connectivity index (χ4n) is 3.50. The van der Waals surface area contributed by atoms with Gasteiger partial charge in [0.05, 0.1) is 11.7 Å². The monoisotopic (exact) mass is 448 g/mol. The Labute approximate surface area is 191 Å². The molecule has 0 saturated carbocycles. The molecular formula is C23H28N8O2. The molecule has 33 heavy (non-hydrogen) atoms. The van der Waals surface area contributed by atoms with Gasteiger partial charge >= 0.3 is 0 Å². The Kier molecular flexibility index (Phi) is 7.16. The number of fused-ring (bicyclic) bond motifs is 1. The van der Waals surface area contributed by atoms with Crippen LogP contribution in [-0.4, -0.2) is 57.0 Å². The van der Waals surface area contributed by atoms with Crippen LogP contribution in [0.3, 0.4) is 0 Å². The fraction of sp³-hybridized carbons (Fsp3) is 0.304. The number of anilines is 2. The molecule has 2 aromatic heterocycles. The highest BCUT2D eigenvalue weighted by atomic mass is 16.5. The van der Waals surface area contributed by atoms with Gasteiger partial charge in [0.15, 0.2) is 12.4 Å². The van der Waals surface area contributed by atoms with Gasteiger partial charge in [-0.1, -0.05) is 13.8 Å². The maximum Gasteiger partial charge on any atom is 0.258 e. The summed E-state index contributed by atoms with van der Waals surface area (Å²) in [4.78, 5) is 16.5. The molecule has 10 nitrogen and oxygen atoms in total. The maximum absolute atomic E-state index is 12.0. The van der Waals surface area contributed by atoms with Crippen LogP contribution in [-0.2, 0) is 4.79 Å². The number of amides is 1. The Hall–Kier alpha value is -3.92. The SMILES string of the molecule is CC.O=C(COc1ccc(-c2nc(Nc3ccc4[nH]ncc4c3)n[nH]2)cc1)NC1CCNC1. The van der Waals surface area contributed by atoms with Crippen molar-refractivity contribution in [2.75, 3.05) is 25.0 Å². The van der Waals surface area contributed by atoms with E-state index in [1.165, 1.54) is 0 Å². The Morgan fingerprint density at radius 3 is 2.79 bits per heavy atom. The first-order valence-electron chi connectivity index (χ1n) is 11.1. The second kappa shape index (κ2) is 10.6. The number of aromatic nitrogens is 5. The lowest BCUT2D eigenvalue weighted by Crippen LogP contribution is -2.39. The second-order valence-electron chi connectivity index (χ2n) is 7.37. The van der Waals surface area contributed by atoms with Crippen molar-refractivity contribution >= 4 is 28.4 Å². The van der Waals surface area contributed by atoms with Crippen LogP contribution in [0.2, 0.25) is 0 Å². The third kappa shape index (κ3) is 5.66. The third-order valence-electron chi connectivity index (χ3n) is 5.10. The largest absolute Gasteiger partial charge is 0.484 e. The molecule has 3 heterocycles. The number of rotatable bonds is 7. The molecule has 0 bridgehead atoms. The summed E-state index contributed by atoms with van der Waals surface area (Å²) in [5.41, 5.74) is 2.70. The molecule has 1 unspecified atom stereocenters. The lowest BCUT2D eigenvalue weighted by atomic mass is 10.2. The lowest BCUT2D eigenvalue weighted by molar-refractivity contribution is -0.123. The van der Waals surface area contributed by atoms with Crippen molar-refractivity contribution in [3.63, 3.8) is 0 Å². The molecule has 1 saturated heterocycles. The summed E-state index contributed by atoms with van der Waals surface area (Å²) in [6.45, 7) is 5.74. The molecule has 0 aliphatic carbocycles. The molecule has 1 amide bonds. The average molecular weight is 449 g/mol. The van der Waals surface area contributed by atoms with Gasteiger partial charge in [-0.3, -0.25) is 15.0 Å². The number of benzene rings is 2. The summed E-state index contributed by atoms with van der Waals surface area (Å²) in [7, 11) is 0. The predicted molar refractivity (Wildman–Crippen MR) is 127 cm³/mol. The quantitative estimate of drug-likeness (QED) is 0.294. The Balaban J connectivity index is 0.00000126. The Morgan fingerprint density at radius 2 is 2.00 bits per heavy atom. The van der Waals surface area contributed by atoms with E-state index >= 15 is 0 Å². The van der Waals surface area contributed by atoms with E-state index in [0.29, 0.717) is 17.5 Å². The molecule has 1 atom stereocenters. The molecule has 0 spiro atoms.